The van der Waals surface area contributed by atoms with Gasteiger partial charge in [0.1, 0.15) is 16.9 Å². The molecule has 13 heteroatoms. The van der Waals surface area contributed by atoms with Gasteiger partial charge >= 0.3 is 12.1 Å². The summed E-state index contributed by atoms with van der Waals surface area (Å²) in [7, 11) is 2.06. The van der Waals surface area contributed by atoms with E-state index in [1.165, 1.54) is 11.3 Å². The number of halogens is 3. The number of likely N-dealkylation sites (N-methyl/N-ethyl adjacent to an activating group) is 1. The highest BCUT2D eigenvalue weighted by molar-refractivity contribution is 7.22. The highest BCUT2D eigenvalue weighted by Gasteiger charge is 2.38. The smallest absolute Gasteiger partial charge is 0.489 e. The van der Waals surface area contributed by atoms with E-state index in [9.17, 15) is 22.8 Å². The molecule has 0 saturated carbocycles. The number of carboxylic acid groups (broad SMARTS) is 1. The van der Waals surface area contributed by atoms with Crippen LogP contribution in [0, 0.1) is 0 Å². The van der Waals surface area contributed by atoms with Crippen LogP contribution in [-0.4, -0.2) is 90.6 Å². The number of alkyl halides is 3. The van der Waals surface area contributed by atoms with E-state index in [1.807, 2.05) is 40.7 Å². The van der Waals surface area contributed by atoms with Gasteiger partial charge in [-0.25, -0.2) is 4.79 Å². The van der Waals surface area contributed by atoms with Gasteiger partial charge in [-0.2, -0.15) is 13.2 Å². The third kappa shape index (κ3) is 7.32. The average Bonchev–Trinajstić information content (AvgIpc) is 3.31. The molecule has 1 aliphatic heterocycles. The number of fused-ring (bicyclic) bond motifs is 3. The molecule has 9 nitrogen and oxygen atoms in total. The van der Waals surface area contributed by atoms with Crippen molar-refractivity contribution in [2.24, 2.45) is 0 Å². The van der Waals surface area contributed by atoms with E-state index < -0.39 is 12.1 Å². The minimum absolute atomic E-state index is 0.0562. The Bertz CT molecular complexity index is 1380. The SMILES string of the molecule is CCCCn1c(=O)c2c(OCCOCC)c(C(=O)N3CCN(C)CC3)sc2c2ccccc21.O=C(O)C(F)(F)F. The maximum atomic E-state index is 13.7. The third-order valence-electron chi connectivity index (χ3n) is 6.40. The van der Waals surface area contributed by atoms with Gasteiger partial charge in [-0.05, 0) is 26.5 Å². The lowest BCUT2D eigenvalue weighted by atomic mass is 10.1. The predicted molar refractivity (Wildman–Crippen MR) is 148 cm³/mol. The van der Waals surface area contributed by atoms with Gasteiger partial charge in [0.15, 0.2) is 5.75 Å². The van der Waals surface area contributed by atoms with Gasteiger partial charge < -0.3 is 28.9 Å². The molecule has 0 unspecified atom stereocenters. The Hall–Kier alpha value is -3.16. The number of carboxylic acids is 1. The zero-order valence-electron chi connectivity index (χ0n) is 22.8. The third-order valence-corrected chi connectivity index (χ3v) is 7.60. The number of nitrogens with zero attached hydrogens (tertiary/aromatic N) is 3. The number of hydrogen-bond donors (Lipinski definition) is 1. The van der Waals surface area contributed by atoms with E-state index in [2.05, 4.69) is 18.9 Å². The minimum atomic E-state index is -5.08. The summed E-state index contributed by atoms with van der Waals surface area (Å²) in [5.41, 5.74) is 0.821. The van der Waals surface area contributed by atoms with Crippen LogP contribution in [0.15, 0.2) is 29.1 Å². The molecule has 3 aromatic rings. The molecule has 1 N–H and O–H groups in total. The second-order valence-corrected chi connectivity index (χ2v) is 10.3. The fraction of sp³-hybridized carbons (Fsp3) is 0.519. The molecule has 2 aromatic heterocycles. The summed E-state index contributed by atoms with van der Waals surface area (Å²) in [6.07, 6.45) is -3.18. The van der Waals surface area contributed by atoms with Crippen LogP contribution in [-0.2, 0) is 16.1 Å². The number of unbranched alkanes of at least 4 members (excludes halogenated alkanes) is 1. The standard InChI is InChI=1S/C25H33N3O4S.C2HF3O2/c1-4-6-11-28-19-10-8-7-9-18(19)22-20(24(28)29)21(32-17-16-31-5-2)23(33-22)25(30)27-14-12-26(3)13-15-27;3-2(4,5)1(6)7/h7-10H,4-6,11-17H2,1-3H3;(H,6,7). The van der Waals surface area contributed by atoms with E-state index in [1.54, 1.807) is 0 Å². The fourth-order valence-corrected chi connectivity index (χ4v) is 5.50. The zero-order valence-corrected chi connectivity index (χ0v) is 23.6. The predicted octanol–water partition coefficient (Wildman–Crippen LogP) is 4.45. The largest absolute Gasteiger partial charge is 0.490 e. The van der Waals surface area contributed by atoms with Crippen molar-refractivity contribution in [2.45, 2.75) is 39.4 Å². The number of aryl methyl sites for hydroxylation is 1. The summed E-state index contributed by atoms with van der Waals surface area (Å²) in [4.78, 5) is 40.8. The van der Waals surface area contributed by atoms with Gasteiger partial charge in [0.25, 0.3) is 11.5 Å². The first-order valence-electron chi connectivity index (χ1n) is 13.1. The van der Waals surface area contributed by atoms with E-state index >= 15 is 0 Å². The molecule has 1 amide bonds. The summed E-state index contributed by atoms with van der Waals surface area (Å²) in [5, 5.41) is 8.63. The van der Waals surface area contributed by atoms with Crippen molar-refractivity contribution in [3.63, 3.8) is 0 Å². The van der Waals surface area contributed by atoms with Crippen LogP contribution in [0.2, 0.25) is 0 Å². The molecule has 1 fully saturated rings. The molecule has 1 saturated heterocycles. The summed E-state index contributed by atoms with van der Waals surface area (Å²) in [6.45, 7) is 9.00. The normalized spacial score (nSPS) is 14.3. The molecule has 0 atom stereocenters. The number of ether oxygens (including phenoxy) is 2. The van der Waals surface area contributed by atoms with Crippen molar-refractivity contribution in [2.75, 3.05) is 53.0 Å². The van der Waals surface area contributed by atoms with Crippen LogP contribution in [0.5, 0.6) is 5.75 Å². The van der Waals surface area contributed by atoms with Crippen LogP contribution in [0.25, 0.3) is 21.0 Å². The van der Waals surface area contributed by atoms with Crippen LogP contribution in [0.1, 0.15) is 36.4 Å². The van der Waals surface area contributed by atoms with Gasteiger partial charge in [-0.3, -0.25) is 9.59 Å². The van der Waals surface area contributed by atoms with E-state index in [4.69, 9.17) is 19.4 Å². The number of carbonyl (C=O) groups is 2. The quantitative estimate of drug-likeness (QED) is 0.370. The summed E-state index contributed by atoms with van der Waals surface area (Å²) < 4.78 is 46.0. The summed E-state index contributed by atoms with van der Waals surface area (Å²) in [6, 6.07) is 7.96. The lowest BCUT2D eigenvalue weighted by Gasteiger charge is -2.32. The van der Waals surface area contributed by atoms with E-state index in [0.29, 0.717) is 55.5 Å². The van der Waals surface area contributed by atoms with Crippen molar-refractivity contribution in [3.05, 3.63) is 39.5 Å². The van der Waals surface area contributed by atoms with E-state index in [-0.39, 0.29) is 11.5 Å². The average molecular weight is 586 g/mol. The first kappa shape index (κ1) is 31.4. The molecule has 1 aromatic carbocycles. The first-order chi connectivity index (χ1) is 19.0. The lowest BCUT2D eigenvalue weighted by molar-refractivity contribution is -0.192. The van der Waals surface area contributed by atoms with Crippen molar-refractivity contribution in [1.29, 1.82) is 0 Å². The Labute approximate surface area is 233 Å². The number of hydrogen-bond acceptors (Lipinski definition) is 7. The topological polar surface area (TPSA) is 101 Å². The van der Waals surface area contributed by atoms with E-state index in [0.717, 1.165) is 41.5 Å². The Morgan fingerprint density at radius 1 is 1.07 bits per heavy atom. The van der Waals surface area contributed by atoms with Crippen LogP contribution >= 0.6 is 11.3 Å². The molecule has 0 aliphatic carbocycles. The fourth-order valence-electron chi connectivity index (χ4n) is 4.26. The van der Waals surface area contributed by atoms with Gasteiger partial charge in [0.05, 0.1) is 16.8 Å². The molecule has 0 spiro atoms. The Kier molecular flexibility index (Phi) is 10.9. The molecule has 0 bridgehead atoms. The monoisotopic (exact) mass is 585 g/mol. The number of aromatic nitrogens is 1. The number of aliphatic carboxylic acids is 1. The number of piperazine rings is 1. The first-order valence-corrected chi connectivity index (χ1v) is 13.9. The Balaban J connectivity index is 0.000000559. The highest BCUT2D eigenvalue weighted by Crippen LogP contribution is 2.40. The van der Waals surface area contributed by atoms with Gasteiger partial charge in [0.2, 0.25) is 0 Å². The van der Waals surface area contributed by atoms with Gasteiger partial charge in [0, 0.05) is 44.7 Å². The van der Waals surface area contributed by atoms with Crippen molar-refractivity contribution < 1.29 is 37.3 Å². The maximum absolute atomic E-state index is 13.7. The number of para-hydroxylation sites is 1. The molecule has 1 aliphatic rings. The summed E-state index contributed by atoms with van der Waals surface area (Å²) >= 11 is 1.38. The number of thiophene rings is 1. The molecule has 4 rings (SSSR count). The molecular formula is C27H34F3N3O6S. The van der Waals surface area contributed by atoms with Gasteiger partial charge in [-0.1, -0.05) is 31.5 Å². The lowest BCUT2D eigenvalue weighted by Crippen LogP contribution is -2.47. The Morgan fingerprint density at radius 2 is 1.73 bits per heavy atom. The van der Waals surface area contributed by atoms with Crippen LogP contribution in [0.3, 0.4) is 0 Å². The number of carbonyl (C=O) groups excluding carboxylic acids is 1. The molecule has 0 radical (unpaired) electrons. The minimum Gasteiger partial charge on any atom is -0.489 e. The number of amides is 1. The molecule has 3 heterocycles. The number of rotatable bonds is 9. The molecule has 40 heavy (non-hydrogen) atoms. The van der Waals surface area contributed by atoms with Crippen LogP contribution < -0.4 is 10.3 Å². The molecule has 220 valence electrons. The number of benzene rings is 1. The number of pyridine rings is 1. The highest BCUT2D eigenvalue weighted by atomic mass is 32.1. The van der Waals surface area contributed by atoms with Crippen molar-refractivity contribution in [3.8, 4) is 5.75 Å². The zero-order chi connectivity index (χ0) is 29.4. The second-order valence-electron chi connectivity index (χ2n) is 9.24. The summed E-state index contributed by atoms with van der Waals surface area (Å²) in [5.74, 6) is -2.40. The van der Waals surface area contributed by atoms with Crippen molar-refractivity contribution >= 4 is 44.2 Å². The Morgan fingerprint density at radius 3 is 2.33 bits per heavy atom. The second kappa shape index (κ2) is 14.0. The van der Waals surface area contributed by atoms with Crippen LogP contribution in [0.4, 0.5) is 13.2 Å². The maximum Gasteiger partial charge on any atom is 0.490 e. The van der Waals surface area contributed by atoms with Crippen molar-refractivity contribution in [1.82, 2.24) is 14.4 Å². The van der Waals surface area contributed by atoms with Gasteiger partial charge in [-0.15, -0.1) is 11.3 Å². The molecular weight excluding hydrogens is 551 g/mol.